The van der Waals surface area contributed by atoms with E-state index in [9.17, 15) is 4.79 Å². The molecule has 2 fully saturated rings. The van der Waals surface area contributed by atoms with Crippen LogP contribution in [0.25, 0.3) is 0 Å². The van der Waals surface area contributed by atoms with Crippen molar-refractivity contribution < 1.29 is 26.8 Å². The predicted octanol–water partition coefficient (Wildman–Crippen LogP) is -3.93. The Hall–Kier alpha value is -1.50. The van der Waals surface area contributed by atoms with Gasteiger partial charge in [-0.05, 0) is 6.42 Å². The van der Waals surface area contributed by atoms with E-state index < -0.39 is 0 Å². The highest BCUT2D eigenvalue weighted by molar-refractivity contribution is 5.82. The van der Waals surface area contributed by atoms with Crippen molar-refractivity contribution in [2.75, 3.05) is 13.2 Å². The monoisotopic (exact) mass is 294 g/mol. The molecule has 6 nitrogen and oxygen atoms in total. The van der Waals surface area contributed by atoms with Crippen LogP contribution < -0.4 is 17.3 Å². The molecule has 7 heteroatoms. The minimum Gasteiger partial charge on any atom is -1.00 e. The smallest absolute Gasteiger partial charge is 0.223 e. The molecule has 4 aliphatic heterocycles. The number of hydrogen-bond donors (Lipinski definition) is 1. The first-order valence-electron chi connectivity index (χ1n) is 6.59. The van der Waals surface area contributed by atoms with Crippen LogP contribution >= 0.6 is 0 Å². The highest BCUT2D eigenvalue weighted by atomic mass is 35.5. The van der Waals surface area contributed by atoms with Crippen molar-refractivity contribution >= 4 is 18.5 Å². The minimum absolute atomic E-state index is 0. The highest BCUT2D eigenvalue weighted by Crippen LogP contribution is 2.27. The Morgan fingerprint density at radius 3 is 3.25 bits per heavy atom. The van der Waals surface area contributed by atoms with Crippen molar-refractivity contribution in [2.24, 2.45) is 9.98 Å². The van der Waals surface area contributed by atoms with Crippen LogP contribution in [0.1, 0.15) is 12.8 Å². The number of morpholine rings is 1. The maximum atomic E-state index is 11.8. The second-order valence-corrected chi connectivity index (χ2v) is 5.17. The average Bonchev–Trinajstić information content (AvgIpc) is 3.03. The largest absolute Gasteiger partial charge is 1.00 e. The van der Waals surface area contributed by atoms with Gasteiger partial charge >= 0.3 is 0 Å². The van der Waals surface area contributed by atoms with Gasteiger partial charge in [0.1, 0.15) is 18.0 Å². The van der Waals surface area contributed by atoms with Crippen LogP contribution in [0.15, 0.2) is 33.8 Å². The molecule has 0 spiro atoms. The van der Waals surface area contributed by atoms with Crippen LogP contribution in [0.4, 0.5) is 0 Å². The zero-order valence-corrected chi connectivity index (χ0v) is 11.6. The van der Waals surface area contributed by atoms with Gasteiger partial charge in [0.25, 0.3) is 0 Å². The average molecular weight is 295 g/mol. The van der Waals surface area contributed by atoms with Crippen LogP contribution in [-0.4, -0.2) is 48.7 Å². The van der Waals surface area contributed by atoms with Gasteiger partial charge in [-0.1, -0.05) is 0 Å². The van der Waals surface area contributed by atoms with Gasteiger partial charge in [0.2, 0.25) is 5.91 Å². The van der Waals surface area contributed by atoms with Crippen molar-refractivity contribution in [3.05, 3.63) is 23.8 Å². The first-order valence-corrected chi connectivity index (χ1v) is 6.59. The minimum atomic E-state index is -0.125. The third kappa shape index (κ3) is 2.00. The van der Waals surface area contributed by atoms with Crippen LogP contribution in [0.3, 0.4) is 0 Å². The lowest BCUT2D eigenvalue weighted by atomic mass is 10.1. The molecule has 4 heterocycles. The molecule has 4 aliphatic rings. The van der Waals surface area contributed by atoms with E-state index in [0.29, 0.717) is 19.6 Å². The molecular formula is C13H15ClN4O2. The summed E-state index contributed by atoms with van der Waals surface area (Å²) in [6.07, 6.45) is 8.81. The third-order valence-corrected chi connectivity index (χ3v) is 4.08. The van der Waals surface area contributed by atoms with E-state index in [1.54, 1.807) is 6.20 Å². The fourth-order valence-corrected chi connectivity index (χ4v) is 3.04. The van der Waals surface area contributed by atoms with Crippen molar-refractivity contribution in [1.82, 2.24) is 4.90 Å². The number of quaternary nitrogens is 1. The van der Waals surface area contributed by atoms with E-state index in [4.69, 9.17) is 4.74 Å². The Kier molecular flexibility index (Phi) is 3.45. The lowest BCUT2D eigenvalue weighted by molar-refractivity contribution is -0.682. The summed E-state index contributed by atoms with van der Waals surface area (Å²) in [5, 5.41) is 0. The Morgan fingerprint density at radius 2 is 2.35 bits per heavy atom. The Labute approximate surface area is 122 Å². The van der Waals surface area contributed by atoms with Crippen molar-refractivity contribution in [3.8, 4) is 0 Å². The summed E-state index contributed by atoms with van der Waals surface area (Å²) in [6, 6.07) is 0.267. The molecule has 1 amide bonds. The number of rotatable bonds is 1. The molecule has 0 radical (unpaired) electrons. The number of halogens is 1. The SMILES string of the molecule is O=C1CC[C@@H]2CO[C@@H](C3=C4C=NC=C[NH+]4C=N3)CN12.[Cl-]. The van der Waals surface area contributed by atoms with Crippen LogP contribution in [0.2, 0.25) is 0 Å². The molecule has 4 rings (SSSR count). The van der Waals surface area contributed by atoms with Gasteiger partial charge in [0.05, 0.1) is 31.6 Å². The number of ether oxygens (including phenoxy) is 1. The standard InChI is InChI=1S/C13H14N4O2.ClH/c18-12-2-1-9-7-19-11(6-17(9)12)13-10-5-14-3-4-16(10)8-15-13;/h3-5,8-9,11H,1-2,6-7H2;1H/t9-,11-;/m1./s1. The number of nitrogens with one attached hydrogen (secondary N) is 1. The fourth-order valence-electron chi connectivity index (χ4n) is 3.04. The number of amides is 1. The molecule has 2 saturated heterocycles. The molecular weight excluding hydrogens is 280 g/mol. The first-order chi connectivity index (χ1) is 9.33. The van der Waals surface area contributed by atoms with Gasteiger partial charge in [-0.25, -0.2) is 4.90 Å². The van der Waals surface area contributed by atoms with Crippen LogP contribution in [-0.2, 0) is 9.53 Å². The lowest BCUT2D eigenvalue weighted by Crippen LogP contribution is -3.04. The molecule has 0 aliphatic carbocycles. The number of fused-ring (bicyclic) bond motifs is 2. The van der Waals surface area contributed by atoms with Crippen molar-refractivity contribution in [1.29, 1.82) is 0 Å². The predicted molar refractivity (Wildman–Crippen MR) is 68.6 cm³/mol. The molecule has 0 aromatic carbocycles. The van der Waals surface area contributed by atoms with E-state index in [-0.39, 0.29) is 30.5 Å². The van der Waals surface area contributed by atoms with E-state index in [1.165, 1.54) is 0 Å². The van der Waals surface area contributed by atoms with Gasteiger partial charge in [-0.15, -0.1) is 0 Å². The number of carbonyl (C=O) groups is 1. The summed E-state index contributed by atoms with van der Waals surface area (Å²) in [5.41, 5.74) is 1.93. The number of nitrogens with zero attached hydrogens (tertiary/aromatic N) is 3. The zero-order valence-electron chi connectivity index (χ0n) is 10.8. The molecule has 0 aromatic rings. The molecule has 3 atom stereocenters. The Morgan fingerprint density at radius 1 is 1.45 bits per heavy atom. The lowest BCUT2D eigenvalue weighted by Gasteiger charge is -2.34. The van der Waals surface area contributed by atoms with Crippen molar-refractivity contribution in [2.45, 2.75) is 25.0 Å². The quantitative estimate of drug-likeness (QED) is 0.537. The van der Waals surface area contributed by atoms with Gasteiger partial charge in [-0.3, -0.25) is 9.79 Å². The Balaban J connectivity index is 0.00000121. The Bertz CT molecular complexity index is 555. The topological polar surface area (TPSA) is 58.7 Å². The fraction of sp³-hybridized carbons (Fsp3) is 0.462. The van der Waals surface area contributed by atoms with Crippen molar-refractivity contribution in [3.63, 3.8) is 0 Å². The normalized spacial score (nSPS) is 34.3. The zero-order chi connectivity index (χ0) is 12.8. The van der Waals surface area contributed by atoms with Crippen LogP contribution in [0, 0.1) is 0 Å². The molecule has 20 heavy (non-hydrogen) atoms. The summed E-state index contributed by atoms with van der Waals surface area (Å²) < 4.78 is 5.91. The van der Waals surface area contributed by atoms with Gasteiger partial charge in [-0.2, -0.15) is 4.99 Å². The van der Waals surface area contributed by atoms with E-state index in [0.717, 1.165) is 22.7 Å². The molecule has 0 aromatic heterocycles. The van der Waals surface area contributed by atoms with E-state index in [2.05, 4.69) is 9.98 Å². The summed E-state index contributed by atoms with van der Waals surface area (Å²) in [7, 11) is 0. The number of carbonyl (C=O) groups excluding carboxylic acids is 1. The van der Waals surface area contributed by atoms with Gasteiger partial charge in [0, 0.05) is 6.42 Å². The van der Waals surface area contributed by atoms with Gasteiger partial charge < -0.3 is 22.0 Å². The molecule has 1 N–H and O–H groups in total. The molecule has 0 bridgehead atoms. The molecule has 1 unspecified atom stereocenters. The number of hydrogen-bond acceptors (Lipinski definition) is 4. The van der Waals surface area contributed by atoms with E-state index in [1.807, 2.05) is 23.7 Å². The summed E-state index contributed by atoms with van der Waals surface area (Å²) in [4.78, 5) is 23.4. The maximum absolute atomic E-state index is 11.8. The highest BCUT2D eigenvalue weighted by Gasteiger charge is 2.40. The molecule has 106 valence electrons. The summed E-state index contributed by atoms with van der Waals surface area (Å²) in [6.45, 7) is 1.23. The second-order valence-electron chi connectivity index (χ2n) is 5.17. The second kappa shape index (κ2) is 5.12. The summed E-state index contributed by atoms with van der Waals surface area (Å²) >= 11 is 0. The maximum Gasteiger partial charge on any atom is 0.223 e. The molecule has 0 saturated carbocycles. The number of allylic oxidation sites excluding steroid dienone is 1. The third-order valence-electron chi connectivity index (χ3n) is 4.08. The van der Waals surface area contributed by atoms with Gasteiger partial charge in [0.15, 0.2) is 12.0 Å². The van der Waals surface area contributed by atoms with E-state index >= 15 is 0 Å². The first kappa shape index (κ1) is 13.5. The number of aliphatic imine (C=N–C) groups is 2. The summed E-state index contributed by atoms with van der Waals surface area (Å²) in [5.74, 6) is 0.243. The van der Waals surface area contributed by atoms with Crippen LogP contribution in [0.5, 0.6) is 0 Å².